The summed E-state index contributed by atoms with van der Waals surface area (Å²) in [6, 6.07) is 25.3. The summed E-state index contributed by atoms with van der Waals surface area (Å²) in [5.41, 5.74) is 3.72. The fourth-order valence-corrected chi connectivity index (χ4v) is 4.03. The minimum Gasteiger partial charge on any atom is -0.461 e. The summed E-state index contributed by atoms with van der Waals surface area (Å²) in [6.07, 6.45) is -0.0311. The first-order valence-electron chi connectivity index (χ1n) is 9.17. The van der Waals surface area contributed by atoms with E-state index < -0.39 is 6.23 Å². The Balaban J connectivity index is 1.56. The molecule has 0 N–H and O–H groups in total. The molecule has 0 saturated heterocycles. The minimum atomic E-state index is -0.776. The number of halogens is 1. The second-order valence-electron chi connectivity index (χ2n) is 6.89. The maximum absolute atomic E-state index is 13.3. The number of benzene rings is 3. The lowest BCUT2D eigenvalue weighted by molar-refractivity contribution is -0.00455. The summed E-state index contributed by atoms with van der Waals surface area (Å²) in [5, 5.41) is 6.65. The van der Waals surface area contributed by atoms with Crippen molar-refractivity contribution in [2.45, 2.75) is 18.7 Å². The van der Waals surface area contributed by atoms with Crippen LogP contribution in [0.4, 0.5) is 0 Å². The maximum Gasteiger partial charge on any atom is 0.251 e. The van der Waals surface area contributed by atoms with Crippen LogP contribution < -0.4 is 4.74 Å². The Morgan fingerprint density at radius 2 is 1.68 bits per heavy atom. The average Bonchev–Trinajstić information content (AvgIpc) is 3.20. The molecule has 0 radical (unpaired) electrons. The van der Waals surface area contributed by atoms with Gasteiger partial charge in [0.1, 0.15) is 5.75 Å². The highest BCUT2D eigenvalue weighted by molar-refractivity contribution is 9.10. The number of fused-ring (bicyclic) bond motifs is 3. The first-order chi connectivity index (χ1) is 13.7. The summed E-state index contributed by atoms with van der Waals surface area (Å²) < 4.78 is 7.07. The van der Waals surface area contributed by atoms with Gasteiger partial charge in [0, 0.05) is 22.0 Å². The summed E-state index contributed by atoms with van der Waals surface area (Å²) in [7, 11) is 0. The standard InChI is InChI=1S/C23H17BrN2O2/c24-17-12-10-16(11-13-17)22(27)23-26-20(18-8-4-5-9-21(18)28-23)14-19(25-26)15-6-2-1-3-7-15/h1-13,20,23H,14H2/t20-,23+/m0/s1. The van der Waals surface area contributed by atoms with Gasteiger partial charge in [-0.25, -0.2) is 5.01 Å². The fourth-order valence-electron chi connectivity index (χ4n) is 3.77. The molecule has 138 valence electrons. The number of ketones is 1. The third kappa shape index (κ3) is 2.92. The van der Waals surface area contributed by atoms with Crippen molar-refractivity contribution in [2.75, 3.05) is 0 Å². The van der Waals surface area contributed by atoms with E-state index in [1.807, 2.05) is 65.7 Å². The third-order valence-corrected chi connectivity index (χ3v) is 5.69. The van der Waals surface area contributed by atoms with Gasteiger partial charge in [0.15, 0.2) is 0 Å². The van der Waals surface area contributed by atoms with E-state index in [0.29, 0.717) is 5.56 Å². The van der Waals surface area contributed by atoms with Gasteiger partial charge in [-0.2, -0.15) is 5.10 Å². The molecule has 0 unspecified atom stereocenters. The van der Waals surface area contributed by atoms with Crippen LogP contribution in [-0.2, 0) is 0 Å². The van der Waals surface area contributed by atoms with E-state index in [1.165, 1.54) is 0 Å². The number of Topliss-reactive ketones (excluding diaryl/α,β-unsaturated/α-hetero) is 1. The van der Waals surface area contributed by atoms with E-state index in [1.54, 1.807) is 0 Å². The third-order valence-electron chi connectivity index (χ3n) is 5.16. The van der Waals surface area contributed by atoms with Gasteiger partial charge in [-0.05, 0) is 23.8 Å². The monoisotopic (exact) mass is 432 g/mol. The van der Waals surface area contributed by atoms with Crippen LogP contribution in [0.5, 0.6) is 5.75 Å². The second kappa shape index (κ2) is 6.91. The Morgan fingerprint density at radius 3 is 2.46 bits per heavy atom. The van der Waals surface area contributed by atoms with E-state index >= 15 is 0 Å². The topological polar surface area (TPSA) is 41.9 Å². The summed E-state index contributed by atoms with van der Waals surface area (Å²) in [6.45, 7) is 0. The lowest BCUT2D eigenvalue weighted by Crippen LogP contribution is -2.45. The zero-order chi connectivity index (χ0) is 19.1. The van der Waals surface area contributed by atoms with E-state index in [2.05, 4.69) is 34.1 Å². The van der Waals surface area contributed by atoms with Crippen LogP contribution in [0.15, 0.2) is 88.4 Å². The number of para-hydroxylation sites is 1. The molecule has 0 amide bonds. The molecule has 5 rings (SSSR count). The number of carbonyl (C=O) groups is 1. The van der Waals surface area contributed by atoms with Gasteiger partial charge in [0.2, 0.25) is 5.78 Å². The molecule has 3 aromatic rings. The molecular formula is C23H17BrN2O2. The van der Waals surface area contributed by atoms with E-state index in [-0.39, 0.29) is 11.8 Å². The van der Waals surface area contributed by atoms with Crippen molar-refractivity contribution in [1.29, 1.82) is 0 Å². The Bertz CT molecular complexity index is 1060. The largest absolute Gasteiger partial charge is 0.461 e. The van der Waals surface area contributed by atoms with Crippen LogP contribution >= 0.6 is 15.9 Å². The number of ether oxygens (including phenoxy) is 1. The predicted octanol–water partition coefficient (Wildman–Crippen LogP) is 5.20. The second-order valence-corrected chi connectivity index (χ2v) is 7.81. The van der Waals surface area contributed by atoms with Gasteiger partial charge in [-0.1, -0.05) is 76.6 Å². The molecule has 0 aromatic heterocycles. The highest BCUT2D eigenvalue weighted by Crippen LogP contribution is 2.43. The molecule has 3 aromatic carbocycles. The van der Waals surface area contributed by atoms with Gasteiger partial charge in [-0.15, -0.1) is 0 Å². The van der Waals surface area contributed by atoms with Crippen molar-refractivity contribution in [3.05, 3.63) is 100 Å². The Kier molecular flexibility index (Phi) is 4.24. The van der Waals surface area contributed by atoms with Crippen molar-refractivity contribution in [1.82, 2.24) is 5.01 Å². The van der Waals surface area contributed by atoms with Crippen LogP contribution in [0.3, 0.4) is 0 Å². The van der Waals surface area contributed by atoms with Crippen LogP contribution in [0, 0.1) is 0 Å². The van der Waals surface area contributed by atoms with E-state index in [9.17, 15) is 4.79 Å². The average molecular weight is 433 g/mol. The first kappa shape index (κ1) is 17.2. The van der Waals surface area contributed by atoms with Crippen LogP contribution in [-0.4, -0.2) is 22.7 Å². The Hall–Kier alpha value is -2.92. The first-order valence-corrected chi connectivity index (χ1v) is 9.96. The lowest BCUT2D eigenvalue weighted by atomic mass is 9.96. The number of hydrazone groups is 1. The number of hydrogen-bond acceptors (Lipinski definition) is 4. The molecule has 2 atom stereocenters. The molecule has 2 aliphatic heterocycles. The van der Waals surface area contributed by atoms with Gasteiger partial charge in [0.05, 0.1) is 11.8 Å². The molecule has 0 bridgehead atoms. The zero-order valence-corrected chi connectivity index (χ0v) is 16.5. The normalized spacial score (nSPS) is 20.0. The fraction of sp³-hybridized carbons (Fsp3) is 0.130. The Morgan fingerprint density at radius 1 is 0.964 bits per heavy atom. The highest BCUT2D eigenvalue weighted by Gasteiger charge is 2.43. The highest BCUT2D eigenvalue weighted by atomic mass is 79.9. The predicted molar refractivity (Wildman–Crippen MR) is 112 cm³/mol. The molecule has 4 nitrogen and oxygen atoms in total. The molecule has 2 heterocycles. The van der Waals surface area contributed by atoms with Crippen molar-refractivity contribution in [3.63, 3.8) is 0 Å². The maximum atomic E-state index is 13.3. The van der Waals surface area contributed by atoms with Gasteiger partial charge in [-0.3, -0.25) is 4.79 Å². The summed E-state index contributed by atoms with van der Waals surface area (Å²) >= 11 is 3.42. The zero-order valence-electron chi connectivity index (χ0n) is 15.0. The number of nitrogens with zero attached hydrogens (tertiary/aromatic N) is 2. The molecule has 0 fully saturated rings. The number of hydrogen-bond donors (Lipinski definition) is 0. The smallest absolute Gasteiger partial charge is 0.251 e. The minimum absolute atomic E-state index is 0.00967. The summed E-state index contributed by atoms with van der Waals surface area (Å²) in [5.74, 6) is 0.661. The molecule has 0 saturated carbocycles. The molecule has 28 heavy (non-hydrogen) atoms. The quantitative estimate of drug-likeness (QED) is 0.533. The molecule has 0 aliphatic carbocycles. The molecule has 0 spiro atoms. The van der Waals surface area contributed by atoms with Crippen molar-refractivity contribution < 1.29 is 9.53 Å². The number of carbonyl (C=O) groups excluding carboxylic acids is 1. The van der Waals surface area contributed by atoms with Gasteiger partial charge < -0.3 is 4.74 Å². The summed E-state index contributed by atoms with van der Waals surface area (Å²) in [4.78, 5) is 13.3. The Labute approximate surface area is 171 Å². The van der Waals surface area contributed by atoms with E-state index in [0.717, 1.165) is 33.5 Å². The van der Waals surface area contributed by atoms with Crippen molar-refractivity contribution in [2.24, 2.45) is 5.10 Å². The van der Waals surface area contributed by atoms with Crippen LogP contribution in [0.25, 0.3) is 0 Å². The van der Waals surface area contributed by atoms with Gasteiger partial charge >= 0.3 is 0 Å². The number of rotatable bonds is 3. The SMILES string of the molecule is O=C(c1ccc(Br)cc1)[C@H]1Oc2ccccc2[C@@H]2CC(c3ccccc3)=NN12. The molecule has 2 aliphatic rings. The lowest BCUT2D eigenvalue weighted by Gasteiger charge is -2.37. The van der Waals surface area contributed by atoms with Crippen LogP contribution in [0.1, 0.15) is 33.9 Å². The van der Waals surface area contributed by atoms with E-state index in [4.69, 9.17) is 9.84 Å². The molecular weight excluding hydrogens is 416 g/mol. The van der Waals surface area contributed by atoms with Crippen molar-refractivity contribution >= 4 is 27.4 Å². The van der Waals surface area contributed by atoms with Crippen molar-refractivity contribution in [3.8, 4) is 5.75 Å². The molecule has 5 heteroatoms. The van der Waals surface area contributed by atoms with Gasteiger partial charge in [0.25, 0.3) is 6.23 Å². The van der Waals surface area contributed by atoms with Crippen LogP contribution in [0.2, 0.25) is 0 Å².